The molecule has 1 atom stereocenters. The molecule has 0 amide bonds. The van der Waals surface area contributed by atoms with Crippen LogP contribution in [0.2, 0.25) is 0 Å². The number of phenols is 1. The van der Waals surface area contributed by atoms with Crippen molar-refractivity contribution in [3.8, 4) is 5.75 Å². The molecule has 1 aliphatic heterocycles. The summed E-state index contributed by atoms with van der Waals surface area (Å²) in [6.07, 6.45) is 2.80. The number of phenolic OH excluding ortho intramolecular Hbond substituents is 1. The second-order valence-corrected chi connectivity index (χ2v) is 5.87. The molecule has 1 saturated heterocycles. The van der Waals surface area contributed by atoms with Gasteiger partial charge < -0.3 is 9.84 Å². The molecule has 0 radical (unpaired) electrons. The molecule has 0 bridgehead atoms. The second-order valence-electron chi connectivity index (χ2n) is 5.87. The van der Waals surface area contributed by atoms with E-state index in [1.165, 1.54) is 5.56 Å². The average molecular weight is 298 g/mol. The second kappa shape index (κ2) is 7.38. The Morgan fingerprint density at radius 3 is 2.82 bits per heavy atom. The molecule has 2 heterocycles. The van der Waals surface area contributed by atoms with E-state index in [1.807, 2.05) is 30.5 Å². The van der Waals surface area contributed by atoms with Crippen molar-refractivity contribution >= 4 is 0 Å². The van der Waals surface area contributed by atoms with Gasteiger partial charge in [0.2, 0.25) is 0 Å². The van der Waals surface area contributed by atoms with Gasteiger partial charge in [-0.15, -0.1) is 0 Å². The van der Waals surface area contributed by atoms with E-state index in [9.17, 15) is 5.11 Å². The third kappa shape index (κ3) is 4.29. The van der Waals surface area contributed by atoms with Crippen molar-refractivity contribution < 1.29 is 9.84 Å². The van der Waals surface area contributed by atoms with Gasteiger partial charge in [-0.3, -0.25) is 9.88 Å². The maximum atomic E-state index is 9.37. The number of hydrogen-bond acceptors (Lipinski definition) is 4. The topological polar surface area (TPSA) is 45.6 Å². The maximum Gasteiger partial charge on any atom is 0.115 e. The van der Waals surface area contributed by atoms with Crippen molar-refractivity contribution in [1.29, 1.82) is 0 Å². The molecule has 1 aromatic heterocycles. The van der Waals surface area contributed by atoms with Crippen molar-refractivity contribution in [2.75, 3.05) is 26.3 Å². The van der Waals surface area contributed by atoms with Crippen LogP contribution < -0.4 is 0 Å². The van der Waals surface area contributed by atoms with Crippen molar-refractivity contribution in [3.63, 3.8) is 0 Å². The summed E-state index contributed by atoms with van der Waals surface area (Å²) in [6, 6.07) is 13.5. The molecule has 0 unspecified atom stereocenters. The zero-order valence-electron chi connectivity index (χ0n) is 12.7. The first-order chi connectivity index (χ1) is 10.8. The van der Waals surface area contributed by atoms with Crippen LogP contribution >= 0.6 is 0 Å². The molecule has 2 aromatic rings. The Hall–Kier alpha value is -1.91. The summed E-state index contributed by atoms with van der Waals surface area (Å²) < 4.78 is 5.76. The minimum Gasteiger partial charge on any atom is -0.508 e. The molecule has 0 aliphatic carbocycles. The van der Waals surface area contributed by atoms with Crippen LogP contribution in [-0.2, 0) is 17.7 Å². The summed E-state index contributed by atoms with van der Waals surface area (Å²) in [5.41, 5.74) is 2.35. The number of ether oxygens (including phenoxy) is 1. The molecule has 1 aromatic carbocycles. The summed E-state index contributed by atoms with van der Waals surface area (Å²) in [6.45, 7) is 4.42. The molecule has 3 rings (SSSR count). The van der Waals surface area contributed by atoms with Gasteiger partial charge in [0.1, 0.15) is 5.75 Å². The molecule has 4 heteroatoms. The highest BCUT2D eigenvalue weighted by Gasteiger charge is 2.19. The number of rotatable bonds is 4. The lowest BCUT2D eigenvalue weighted by Crippen LogP contribution is -2.30. The van der Waals surface area contributed by atoms with Crippen molar-refractivity contribution in [2.24, 2.45) is 5.92 Å². The van der Waals surface area contributed by atoms with Gasteiger partial charge in [-0.1, -0.05) is 18.2 Å². The van der Waals surface area contributed by atoms with Crippen LogP contribution in [0.4, 0.5) is 0 Å². The highest BCUT2D eigenvalue weighted by atomic mass is 16.5. The first kappa shape index (κ1) is 15.0. The minimum absolute atomic E-state index is 0.316. The summed E-state index contributed by atoms with van der Waals surface area (Å²) in [5.74, 6) is 0.783. The SMILES string of the molecule is Oc1ccc(CN2CCOC[C@@H](Cc3ccccn3)C2)cc1. The molecule has 0 spiro atoms. The first-order valence-electron chi connectivity index (χ1n) is 7.77. The van der Waals surface area contributed by atoms with E-state index in [0.29, 0.717) is 11.7 Å². The van der Waals surface area contributed by atoms with E-state index < -0.39 is 0 Å². The van der Waals surface area contributed by atoms with Gasteiger partial charge in [0.25, 0.3) is 0 Å². The average Bonchev–Trinajstić information content (AvgIpc) is 2.76. The van der Waals surface area contributed by atoms with Crippen molar-refractivity contribution in [3.05, 3.63) is 59.9 Å². The predicted molar refractivity (Wildman–Crippen MR) is 85.6 cm³/mol. The van der Waals surface area contributed by atoms with Crippen LogP contribution in [0.15, 0.2) is 48.7 Å². The minimum atomic E-state index is 0.316. The lowest BCUT2D eigenvalue weighted by molar-refractivity contribution is 0.121. The molecule has 1 N–H and O–H groups in total. The zero-order chi connectivity index (χ0) is 15.2. The molecule has 0 saturated carbocycles. The highest BCUT2D eigenvalue weighted by molar-refractivity contribution is 5.25. The molecular weight excluding hydrogens is 276 g/mol. The molecular formula is C18H22N2O2. The smallest absolute Gasteiger partial charge is 0.115 e. The third-order valence-corrected chi connectivity index (χ3v) is 3.99. The lowest BCUT2D eigenvalue weighted by Gasteiger charge is -2.23. The number of benzene rings is 1. The zero-order valence-corrected chi connectivity index (χ0v) is 12.7. The van der Waals surface area contributed by atoms with E-state index in [2.05, 4.69) is 16.0 Å². The standard InChI is InChI=1S/C18H22N2O2/c21-18-6-4-15(5-7-18)12-20-9-10-22-14-16(13-20)11-17-3-1-2-8-19-17/h1-8,16,21H,9-14H2/t16-/m0/s1. The Kier molecular flexibility index (Phi) is 5.03. The van der Waals surface area contributed by atoms with E-state index in [1.54, 1.807) is 12.1 Å². The van der Waals surface area contributed by atoms with Crippen LogP contribution in [0, 0.1) is 5.92 Å². The van der Waals surface area contributed by atoms with Crippen LogP contribution in [0.1, 0.15) is 11.3 Å². The van der Waals surface area contributed by atoms with E-state index in [4.69, 9.17) is 4.74 Å². The van der Waals surface area contributed by atoms with Gasteiger partial charge in [0.05, 0.1) is 13.2 Å². The number of pyridine rings is 1. The van der Waals surface area contributed by atoms with E-state index in [0.717, 1.165) is 45.0 Å². The van der Waals surface area contributed by atoms with Crippen LogP contribution in [0.3, 0.4) is 0 Å². The Labute approximate surface area is 131 Å². The summed E-state index contributed by atoms with van der Waals surface area (Å²) in [7, 11) is 0. The fourth-order valence-corrected chi connectivity index (χ4v) is 2.89. The largest absolute Gasteiger partial charge is 0.508 e. The van der Waals surface area contributed by atoms with Crippen molar-refractivity contribution in [1.82, 2.24) is 9.88 Å². The summed E-state index contributed by atoms with van der Waals surface area (Å²) >= 11 is 0. The highest BCUT2D eigenvalue weighted by Crippen LogP contribution is 2.16. The van der Waals surface area contributed by atoms with E-state index in [-0.39, 0.29) is 0 Å². The number of aromatic nitrogens is 1. The van der Waals surface area contributed by atoms with E-state index >= 15 is 0 Å². The van der Waals surface area contributed by atoms with Gasteiger partial charge in [0, 0.05) is 37.4 Å². The van der Waals surface area contributed by atoms with Crippen LogP contribution in [0.5, 0.6) is 5.75 Å². The summed E-state index contributed by atoms with van der Waals surface area (Å²) in [4.78, 5) is 6.84. The fourth-order valence-electron chi connectivity index (χ4n) is 2.89. The normalized spacial score (nSPS) is 19.7. The number of nitrogens with zero attached hydrogens (tertiary/aromatic N) is 2. The predicted octanol–water partition coefficient (Wildman–Crippen LogP) is 2.48. The summed E-state index contributed by atoms with van der Waals surface area (Å²) in [5, 5.41) is 9.37. The first-order valence-corrected chi connectivity index (χ1v) is 7.77. The molecule has 1 aliphatic rings. The van der Waals surface area contributed by atoms with Gasteiger partial charge in [-0.25, -0.2) is 0 Å². The molecule has 1 fully saturated rings. The quantitative estimate of drug-likeness (QED) is 0.942. The van der Waals surface area contributed by atoms with Gasteiger partial charge >= 0.3 is 0 Å². The third-order valence-electron chi connectivity index (χ3n) is 3.99. The molecule has 116 valence electrons. The number of aromatic hydroxyl groups is 1. The van der Waals surface area contributed by atoms with Gasteiger partial charge in [0.15, 0.2) is 0 Å². The maximum absolute atomic E-state index is 9.37. The van der Waals surface area contributed by atoms with Gasteiger partial charge in [-0.05, 0) is 36.2 Å². The molecule has 4 nitrogen and oxygen atoms in total. The number of hydrogen-bond donors (Lipinski definition) is 1. The Bertz CT molecular complexity index is 571. The Morgan fingerprint density at radius 1 is 1.18 bits per heavy atom. The van der Waals surface area contributed by atoms with Crippen LogP contribution in [0.25, 0.3) is 0 Å². The Morgan fingerprint density at radius 2 is 2.05 bits per heavy atom. The Balaban J connectivity index is 1.61. The fraction of sp³-hybridized carbons (Fsp3) is 0.389. The monoisotopic (exact) mass is 298 g/mol. The van der Waals surface area contributed by atoms with Gasteiger partial charge in [-0.2, -0.15) is 0 Å². The van der Waals surface area contributed by atoms with Crippen molar-refractivity contribution in [2.45, 2.75) is 13.0 Å². The molecule has 22 heavy (non-hydrogen) atoms. The lowest BCUT2D eigenvalue weighted by atomic mass is 10.0. The van der Waals surface area contributed by atoms with Crippen LogP contribution in [-0.4, -0.2) is 41.3 Å².